The van der Waals surface area contributed by atoms with Crippen LogP contribution in [-0.4, -0.2) is 55.8 Å². The number of hydrogen-bond donors (Lipinski definition) is 1. The largest absolute Gasteiger partial charge is 0.496 e. The van der Waals surface area contributed by atoms with Gasteiger partial charge >= 0.3 is 0 Å². The lowest BCUT2D eigenvalue weighted by molar-refractivity contribution is -0.134. The minimum Gasteiger partial charge on any atom is -0.496 e. The Morgan fingerprint density at radius 3 is 2.38 bits per heavy atom. The maximum atomic E-state index is 11.4. The van der Waals surface area contributed by atoms with Gasteiger partial charge < -0.3 is 19.6 Å². The third-order valence-corrected chi connectivity index (χ3v) is 3.52. The van der Waals surface area contributed by atoms with Crippen molar-refractivity contribution in [3.05, 3.63) is 23.8 Å². The zero-order valence-corrected chi connectivity index (χ0v) is 13.4. The predicted molar refractivity (Wildman–Crippen MR) is 85.0 cm³/mol. The highest BCUT2D eigenvalue weighted by Gasteiger charge is 2.20. The summed E-state index contributed by atoms with van der Waals surface area (Å²) >= 11 is 0. The highest BCUT2D eigenvalue weighted by Crippen LogP contribution is 2.25. The maximum Gasteiger partial charge on any atom is 0.248 e. The molecule has 1 aliphatic rings. The van der Waals surface area contributed by atoms with Crippen LogP contribution in [0.4, 0.5) is 5.69 Å². The van der Waals surface area contributed by atoms with Crippen LogP contribution in [-0.2, 0) is 4.79 Å². The Balaban J connectivity index is 0.00000106. The Morgan fingerprint density at radius 1 is 1.24 bits per heavy atom. The molecule has 0 aromatic heterocycles. The van der Waals surface area contributed by atoms with Crippen LogP contribution in [0.2, 0.25) is 0 Å². The Bertz CT molecular complexity index is 455. The van der Waals surface area contributed by atoms with Crippen LogP contribution in [0.15, 0.2) is 18.2 Å². The fourth-order valence-electron chi connectivity index (χ4n) is 2.32. The second kappa shape index (κ2) is 8.52. The van der Waals surface area contributed by atoms with Crippen molar-refractivity contribution in [1.29, 1.82) is 0 Å². The van der Waals surface area contributed by atoms with E-state index in [1.54, 1.807) is 12.0 Å². The number of aliphatic hydroxyl groups excluding tert-OH is 1. The van der Waals surface area contributed by atoms with Gasteiger partial charge in [0.2, 0.25) is 5.91 Å². The van der Waals surface area contributed by atoms with Crippen LogP contribution in [0.1, 0.15) is 19.4 Å². The number of carbonyl (C=O) groups is 1. The van der Waals surface area contributed by atoms with Crippen LogP contribution in [0, 0.1) is 6.92 Å². The van der Waals surface area contributed by atoms with Crippen molar-refractivity contribution in [2.24, 2.45) is 0 Å². The summed E-state index contributed by atoms with van der Waals surface area (Å²) in [4.78, 5) is 15.3. The number of aryl methyl sites for hydroxylation is 1. The van der Waals surface area contributed by atoms with E-state index in [1.165, 1.54) is 0 Å². The lowest BCUT2D eigenvalue weighted by Gasteiger charge is -2.36. The lowest BCUT2D eigenvalue weighted by Crippen LogP contribution is -2.49. The highest BCUT2D eigenvalue weighted by molar-refractivity contribution is 5.77. The molecule has 0 spiro atoms. The third kappa shape index (κ3) is 4.36. The SMILES string of the molecule is CC.COc1cc(N2CCN(C(=O)CO)CC2)ccc1C. The number of carbonyl (C=O) groups excluding carboxylic acids is 1. The van der Waals surface area contributed by atoms with Gasteiger partial charge in [-0.2, -0.15) is 0 Å². The summed E-state index contributed by atoms with van der Waals surface area (Å²) in [6, 6.07) is 6.14. The number of nitrogens with zero attached hydrogens (tertiary/aromatic N) is 2. The molecule has 5 nitrogen and oxygen atoms in total. The van der Waals surface area contributed by atoms with Crippen LogP contribution in [0.5, 0.6) is 5.75 Å². The van der Waals surface area contributed by atoms with E-state index in [-0.39, 0.29) is 5.91 Å². The summed E-state index contributed by atoms with van der Waals surface area (Å²) < 4.78 is 5.33. The number of aliphatic hydroxyl groups is 1. The van der Waals surface area contributed by atoms with Crippen molar-refractivity contribution < 1.29 is 14.6 Å². The minimum atomic E-state index is -0.404. The molecule has 1 aromatic rings. The van der Waals surface area contributed by atoms with Crippen LogP contribution < -0.4 is 9.64 Å². The van der Waals surface area contributed by atoms with Gasteiger partial charge in [0.05, 0.1) is 7.11 Å². The molecule has 21 heavy (non-hydrogen) atoms. The fourth-order valence-corrected chi connectivity index (χ4v) is 2.32. The molecular weight excluding hydrogens is 268 g/mol. The van der Waals surface area contributed by atoms with Gasteiger partial charge in [-0.1, -0.05) is 19.9 Å². The molecule has 0 bridgehead atoms. The van der Waals surface area contributed by atoms with Crippen molar-refractivity contribution in [3.8, 4) is 5.75 Å². The van der Waals surface area contributed by atoms with Crippen LogP contribution >= 0.6 is 0 Å². The van der Waals surface area contributed by atoms with Gasteiger partial charge in [-0.25, -0.2) is 0 Å². The molecule has 0 radical (unpaired) electrons. The van der Waals surface area contributed by atoms with E-state index < -0.39 is 6.61 Å². The molecule has 0 atom stereocenters. The average molecular weight is 294 g/mol. The first kappa shape index (κ1) is 17.3. The molecule has 1 N–H and O–H groups in total. The number of hydrogen-bond acceptors (Lipinski definition) is 4. The fraction of sp³-hybridized carbons (Fsp3) is 0.562. The summed E-state index contributed by atoms with van der Waals surface area (Å²) in [5, 5.41) is 8.85. The van der Waals surface area contributed by atoms with Crippen LogP contribution in [0.25, 0.3) is 0 Å². The summed E-state index contributed by atoms with van der Waals surface area (Å²) in [5.41, 5.74) is 2.22. The molecule has 1 amide bonds. The molecule has 2 rings (SSSR count). The first-order valence-electron chi connectivity index (χ1n) is 7.44. The molecule has 0 aliphatic carbocycles. The number of amides is 1. The third-order valence-electron chi connectivity index (χ3n) is 3.52. The molecular formula is C16H26N2O3. The van der Waals surface area contributed by atoms with Crippen molar-refractivity contribution >= 4 is 11.6 Å². The molecule has 1 aromatic carbocycles. The maximum absolute atomic E-state index is 11.4. The Labute approximate surface area is 127 Å². The van der Waals surface area contributed by atoms with E-state index >= 15 is 0 Å². The normalized spacial score (nSPS) is 14.3. The number of methoxy groups -OCH3 is 1. The molecule has 0 saturated carbocycles. The van der Waals surface area contributed by atoms with E-state index in [1.807, 2.05) is 32.9 Å². The monoisotopic (exact) mass is 294 g/mol. The first-order valence-corrected chi connectivity index (χ1v) is 7.44. The van der Waals surface area contributed by atoms with E-state index in [4.69, 9.17) is 9.84 Å². The molecule has 5 heteroatoms. The first-order chi connectivity index (χ1) is 10.2. The van der Waals surface area contributed by atoms with Crippen molar-refractivity contribution in [1.82, 2.24) is 4.90 Å². The minimum absolute atomic E-state index is 0.193. The zero-order valence-electron chi connectivity index (χ0n) is 13.4. The van der Waals surface area contributed by atoms with E-state index in [2.05, 4.69) is 11.0 Å². The summed E-state index contributed by atoms with van der Waals surface area (Å²) in [5.74, 6) is 0.688. The number of piperazine rings is 1. The van der Waals surface area contributed by atoms with Crippen molar-refractivity contribution in [2.45, 2.75) is 20.8 Å². The van der Waals surface area contributed by atoms with Crippen LogP contribution in [0.3, 0.4) is 0 Å². The van der Waals surface area contributed by atoms with E-state index in [0.29, 0.717) is 13.1 Å². The smallest absolute Gasteiger partial charge is 0.248 e. The molecule has 1 heterocycles. The van der Waals surface area contributed by atoms with E-state index in [9.17, 15) is 4.79 Å². The number of ether oxygens (including phenoxy) is 1. The number of benzene rings is 1. The molecule has 1 aliphatic heterocycles. The standard InChI is InChI=1S/C14H20N2O3.C2H6/c1-11-3-4-12(9-13(11)19-2)15-5-7-16(8-6-15)14(18)10-17;1-2/h3-4,9,17H,5-8,10H2,1-2H3;1-2H3. The Kier molecular flexibility index (Phi) is 7.02. The van der Waals surface area contributed by atoms with Gasteiger partial charge in [-0.3, -0.25) is 4.79 Å². The number of anilines is 1. The highest BCUT2D eigenvalue weighted by atomic mass is 16.5. The number of rotatable bonds is 3. The van der Waals surface area contributed by atoms with Gasteiger partial charge in [0, 0.05) is 37.9 Å². The van der Waals surface area contributed by atoms with Gasteiger partial charge in [0.1, 0.15) is 12.4 Å². The molecule has 1 saturated heterocycles. The van der Waals surface area contributed by atoms with Gasteiger partial charge in [0.15, 0.2) is 0 Å². The lowest BCUT2D eigenvalue weighted by atomic mass is 10.1. The molecule has 0 unspecified atom stereocenters. The van der Waals surface area contributed by atoms with Gasteiger partial charge in [0.25, 0.3) is 0 Å². The quantitative estimate of drug-likeness (QED) is 0.921. The average Bonchev–Trinajstić information content (AvgIpc) is 2.56. The van der Waals surface area contributed by atoms with Crippen molar-refractivity contribution in [3.63, 3.8) is 0 Å². The topological polar surface area (TPSA) is 53.0 Å². The second-order valence-corrected chi connectivity index (χ2v) is 4.68. The Hall–Kier alpha value is -1.75. The predicted octanol–water partition coefficient (Wildman–Crippen LogP) is 1.67. The second-order valence-electron chi connectivity index (χ2n) is 4.68. The Morgan fingerprint density at radius 2 is 1.86 bits per heavy atom. The summed E-state index contributed by atoms with van der Waals surface area (Å²) in [7, 11) is 1.67. The van der Waals surface area contributed by atoms with Gasteiger partial charge in [-0.15, -0.1) is 0 Å². The zero-order chi connectivity index (χ0) is 15.8. The van der Waals surface area contributed by atoms with Crippen molar-refractivity contribution in [2.75, 3.05) is 44.8 Å². The molecule has 1 fully saturated rings. The van der Waals surface area contributed by atoms with E-state index in [0.717, 1.165) is 30.1 Å². The summed E-state index contributed by atoms with van der Waals surface area (Å²) in [6.45, 7) is 8.46. The molecule has 118 valence electrons. The van der Waals surface area contributed by atoms with Gasteiger partial charge in [-0.05, 0) is 18.6 Å². The summed E-state index contributed by atoms with van der Waals surface area (Å²) in [6.07, 6.45) is 0.